The van der Waals surface area contributed by atoms with Gasteiger partial charge in [0, 0.05) is 19.1 Å². The summed E-state index contributed by atoms with van der Waals surface area (Å²) in [5.74, 6) is 0. The van der Waals surface area contributed by atoms with Gasteiger partial charge in [-0.05, 0) is 55.2 Å². The summed E-state index contributed by atoms with van der Waals surface area (Å²) < 4.78 is 0. The number of rotatable bonds is 5. The highest BCUT2D eigenvalue weighted by Crippen LogP contribution is 2.17. The van der Waals surface area contributed by atoms with E-state index in [0.29, 0.717) is 0 Å². The summed E-state index contributed by atoms with van der Waals surface area (Å²) in [5.41, 5.74) is 1.50. The molecule has 1 aliphatic heterocycles. The molecule has 1 aromatic heterocycles. The van der Waals surface area contributed by atoms with Gasteiger partial charge in [-0.1, -0.05) is 6.42 Å². The lowest BCUT2D eigenvalue weighted by atomic mass is 10.0. The topological polar surface area (TPSA) is 15.3 Å². The lowest BCUT2D eigenvalue weighted by Crippen LogP contribution is -2.45. The highest BCUT2D eigenvalue weighted by molar-refractivity contribution is 7.07. The second-order valence-electron chi connectivity index (χ2n) is 4.62. The number of hydrogen-bond donors (Lipinski definition) is 1. The highest BCUT2D eigenvalue weighted by Gasteiger charge is 2.20. The van der Waals surface area contributed by atoms with E-state index in [-0.39, 0.29) is 0 Å². The van der Waals surface area contributed by atoms with Crippen molar-refractivity contribution in [1.82, 2.24) is 10.2 Å². The number of likely N-dealkylation sites (tertiary alicyclic amines) is 1. The summed E-state index contributed by atoms with van der Waals surface area (Å²) in [4.78, 5) is 2.66. The zero-order chi connectivity index (χ0) is 11.2. The van der Waals surface area contributed by atoms with Crippen molar-refractivity contribution in [2.45, 2.75) is 31.7 Å². The van der Waals surface area contributed by atoms with E-state index in [9.17, 15) is 0 Å². The van der Waals surface area contributed by atoms with Gasteiger partial charge in [0.2, 0.25) is 0 Å². The maximum Gasteiger partial charge on any atom is 0.0220 e. The second-order valence-corrected chi connectivity index (χ2v) is 5.40. The summed E-state index contributed by atoms with van der Waals surface area (Å²) in [6, 6.07) is 3.01. The SMILES string of the molecule is CNCC1CCCCN1CCc1ccsc1. The van der Waals surface area contributed by atoms with Crippen LogP contribution in [-0.2, 0) is 6.42 Å². The first-order valence-electron chi connectivity index (χ1n) is 6.30. The van der Waals surface area contributed by atoms with E-state index in [0.717, 1.165) is 12.6 Å². The van der Waals surface area contributed by atoms with Crippen LogP contribution in [0.5, 0.6) is 0 Å². The molecule has 90 valence electrons. The summed E-state index contributed by atoms with van der Waals surface area (Å²) in [5, 5.41) is 7.77. The fourth-order valence-corrected chi connectivity index (χ4v) is 3.23. The van der Waals surface area contributed by atoms with Crippen LogP contribution in [0.15, 0.2) is 16.8 Å². The monoisotopic (exact) mass is 238 g/mol. The van der Waals surface area contributed by atoms with Gasteiger partial charge < -0.3 is 5.32 Å². The Kier molecular flexibility index (Phi) is 4.82. The number of likely N-dealkylation sites (N-methyl/N-ethyl adjacent to an activating group) is 1. The zero-order valence-corrected chi connectivity index (χ0v) is 10.9. The average molecular weight is 238 g/mol. The van der Waals surface area contributed by atoms with E-state index < -0.39 is 0 Å². The fourth-order valence-electron chi connectivity index (χ4n) is 2.53. The average Bonchev–Trinajstić information content (AvgIpc) is 2.81. The Morgan fingerprint density at radius 1 is 1.50 bits per heavy atom. The van der Waals surface area contributed by atoms with Crippen LogP contribution in [0.2, 0.25) is 0 Å². The summed E-state index contributed by atoms with van der Waals surface area (Å²) in [6.45, 7) is 3.66. The Morgan fingerprint density at radius 2 is 2.44 bits per heavy atom. The van der Waals surface area contributed by atoms with Crippen molar-refractivity contribution in [3.05, 3.63) is 22.4 Å². The molecule has 1 aliphatic rings. The molecule has 0 bridgehead atoms. The van der Waals surface area contributed by atoms with Crippen LogP contribution in [0.25, 0.3) is 0 Å². The quantitative estimate of drug-likeness (QED) is 0.847. The third-order valence-corrected chi connectivity index (χ3v) is 4.19. The molecule has 0 aromatic carbocycles. The predicted molar refractivity (Wildman–Crippen MR) is 71.2 cm³/mol. The molecule has 2 rings (SSSR count). The molecule has 1 saturated heterocycles. The van der Waals surface area contributed by atoms with E-state index in [1.807, 2.05) is 0 Å². The smallest absolute Gasteiger partial charge is 0.0220 e. The van der Waals surface area contributed by atoms with Gasteiger partial charge in [-0.25, -0.2) is 0 Å². The van der Waals surface area contributed by atoms with Gasteiger partial charge in [0.1, 0.15) is 0 Å². The molecule has 0 saturated carbocycles. The van der Waals surface area contributed by atoms with E-state index in [1.165, 1.54) is 44.3 Å². The molecule has 16 heavy (non-hydrogen) atoms. The first-order valence-corrected chi connectivity index (χ1v) is 7.24. The molecule has 2 nitrogen and oxygen atoms in total. The first kappa shape index (κ1) is 12.1. The van der Waals surface area contributed by atoms with Crippen LogP contribution < -0.4 is 5.32 Å². The minimum Gasteiger partial charge on any atom is -0.318 e. The van der Waals surface area contributed by atoms with Gasteiger partial charge in [0.25, 0.3) is 0 Å². The van der Waals surface area contributed by atoms with Gasteiger partial charge in [-0.15, -0.1) is 0 Å². The molecule has 1 atom stereocenters. The molecule has 1 aromatic rings. The van der Waals surface area contributed by atoms with Crippen LogP contribution in [0.3, 0.4) is 0 Å². The van der Waals surface area contributed by atoms with E-state index >= 15 is 0 Å². The number of nitrogens with zero attached hydrogens (tertiary/aromatic N) is 1. The van der Waals surface area contributed by atoms with Crippen LogP contribution in [0.1, 0.15) is 24.8 Å². The van der Waals surface area contributed by atoms with E-state index in [1.54, 1.807) is 11.3 Å². The van der Waals surface area contributed by atoms with Gasteiger partial charge in [-0.2, -0.15) is 11.3 Å². The zero-order valence-electron chi connectivity index (χ0n) is 10.1. The highest BCUT2D eigenvalue weighted by atomic mass is 32.1. The largest absolute Gasteiger partial charge is 0.318 e. The normalized spacial score (nSPS) is 22.4. The lowest BCUT2D eigenvalue weighted by Gasteiger charge is -2.35. The first-order chi connectivity index (χ1) is 7.90. The number of piperidine rings is 1. The van der Waals surface area contributed by atoms with Crippen LogP contribution in [0, 0.1) is 0 Å². The standard InChI is InChI=1S/C13H22N2S/c1-14-10-13-4-2-3-7-15(13)8-5-12-6-9-16-11-12/h6,9,11,13-14H,2-5,7-8,10H2,1H3. The molecule has 0 radical (unpaired) electrons. The van der Waals surface area contributed by atoms with Crippen LogP contribution in [0.4, 0.5) is 0 Å². The molecular formula is C13H22N2S. The van der Waals surface area contributed by atoms with Gasteiger partial charge in [-0.3, -0.25) is 4.90 Å². The van der Waals surface area contributed by atoms with Crippen molar-refractivity contribution in [2.24, 2.45) is 0 Å². The third kappa shape index (κ3) is 3.30. The summed E-state index contributed by atoms with van der Waals surface area (Å²) in [7, 11) is 2.06. The van der Waals surface area contributed by atoms with Gasteiger partial charge >= 0.3 is 0 Å². The Bertz CT molecular complexity index is 282. The fraction of sp³-hybridized carbons (Fsp3) is 0.692. The van der Waals surface area contributed by atoms with E-state index in [2.05, 4.69) is 34.1 Å². The van der Waals surface area contributed by atoms with Crippen LogP contribution >= 0.6 is 11.3 Å². The van der Waals surface area contributed by atoms with Crippen molar-refractivity contribution in [3.63, 3.8) is 0 Å². The van der Waals surface area contributed by atoms with Crippen molar-refractivity contribution in [1.29, 1.82) is 0 Å². The Morgan fingerprint density at radius 3 is 3.19 bits per heavy atom. The predicted octanol–water partition coefficient (Wildman–Crippen LogP) is 2.36. The molecule has 0 aliphatic carbocycles. The van der Waals surface area contributed by atoms with Gasteiger partial charge in [0.05, 0.1) is 0 Å². The molecule has 1 unspecified atom stereocenters. The van der Waals surface area contributed by atoms with Crippen molar-refractivity contribution < 1.29 is 0 Å². The molecule has 0 spiro atoms. The molecule has 3 heteroatoms. The Hall–Kier alpha value is -0.380. The molecule has 0 amide bonds. The number of nitrogens with one attached hydrogen (secondary N) is 1. The lowest BCUT2D eigenvalue weighted by molar-refractivity contribution is 0.149. The summed E-state index contributed by atoms with van der Waals surface area (Å²) in [6.07, 6.45) is 5.36. The van der Waals surface area contributed by atoms with Crippen molar-refractivity contribution in [3.8, 4) is 0 Å². The molecule has 2 heterocycles. The number of hydrogen-bond acceptors (Lipinski definition) is 3. The maximum atomic E-state index is 3.32. The number of thiophene rings is 1. The maximum absolute atomic E-state index is 3.32. The van der Waals surface area contributed by atoms with Gasteiger partial charge in [0.15, 0.2) is 0 Å². The molecule has 1 fully saturated rings. The summed E-state index contributed by atoms with van der Waals surface area (Å²) >= 11 is 1.81. The van der Waals surface area contributed by atoms with E-state index in [4.69, 9.17) is 0 Å². The molecular weight excluding hydrogens is 216 g/mol. The molecule has 1 N–H and O–H groups in total. The van der Waals surface area contributed by atoms with Crippen molar-refractivity contribution >= 4 is 11.3 Å². The Balaban J connectivity index is 1.81. The minimum atomic E-state index is 0.761. The minimum absolute atomic E-state index is 0.761. The second kappa shape index (κ2) is 6.38. The van der Waals surface area contributed by atoms with Crippen LogP contribution in [-0.4, -0.2) is 37.6 Å². The van der Waals surface area contributed by atoms with Crippen molar-refractivity contribution in [2.75, 3.05) is 26.7 Å². The third-order valence-electron chi connectivity index (χ3n) is 3.46. The Labute approximate surface area is 103 Å².